The molecule has 3 N–H and O–H groups in total. The van der Waals surface area contributed by atoms with Crippen LogP contribution in [0.2, 0.25) is 10.0 Å². The number of fused-ring (bicyclic) bond motifs is 1. The molecule has 7 nitrogen and oxygen atoms in total. The highest BCUT2D eigenvalue weighted by Crippen LogP contribution is 2.24. The van der Waals surface area contributed by atoms with Crippen LogP contribution < -0.4 is 10.5 Å². The average molecular weight is 413 g/mol. The van der Waals surface area contributed by atoms with Crippen molar-refractivity contribution in [3.05, 3.63) is 63.5 Å². The maximum absolute atomic E-state index is 12.6. The van der Waals surface area contributed by atoms with Crippen LogP contribution in [-0.4, -0.2) is 23.7 Å². The number of amides is 1. The smallest absolute Gasteiger partial charge is 0.270 e. The molecule has 3 aromatic rings. The Balaban J connectivity index is 1.83. The number of aromatic nitrogens is 2. The number of nitrogens with two attached hydrogens (primary N) is 1. The highest BCUT2D eigenvalue weighted by Gasteiger charge is 2.18. The van der Waals surface area contributed by atoms with Gasteiger partial charge in [0.05, 0.1) is 20.6 Å². The SMILES string of the molecule is Cc1nc2c(Cl)cc(Cl)cn2c1C(=O)NCc1ccc(S(N)(=O)=O)cc1. The zero-order valence-electron chi connectivity index (χ0n) is 13.5. The molecule has 3 rings (SSSR count). The first-order valence-corrected chi connectivity index (χ1v) is 9.70. The number of nitrogens with one attached hydrogen (secondary N) is 1. The summed E-state index contributed by atoms with van der Waals surface area (Å²) in [5.41, 5.74) is 1.99. The summed E-state index contributed by atoms with van der Waals surface area (Å²) in [7, 11) is -3.75. The van der Waals surface area contributed by atoms with Crippen molar-refractivity contribution >= 4 is 44.8 Å². The maximum Gasteiger partial charge on any atom is 0.270 e. The van der Waals surface area contributed by atoms with E-state index in [-0.39, 0.29) is 17.3 Å². The number of carbonyl (C=O) groups is 1. The summed E-state index contributed by atoms with van der Waals surface area (Å²) in [6, 6.07) is 7.48. The lowest BCUT2D eigenvalue weighted by atomic mass is 10.2. The molecule has 136 valence electrons. The lowest BCUT2D eigenvalue weighted by Crippen LogP contribution is -2.25. The monoisotopic (exact) mass is 412 g/mol. The van der Waals surface area contributed by atoms with Crippen molar-refractivity contribution in [2.24, 2.45) is 5.14 Å². The third-order valence-corrected chi connectivity index (χ3v) is 5.15. The van der Waals surface area contributed by atoms with Gasteiger partial charge in [-0.25, -0.2) is 18.5 Å². The van der Waals surface area contributed by atoms with E-state index >= 15 is 0 Å². The Hall–Kier alpha value is -2.13. The van der Waals surface area contributed by atoms with Crippen LogP contribution in [0.4, 0.5) is 0 Å². The minimum absolute atomic E-state index is 0.00879. The molecule has 26 heavy (non-hydrogen) atoms. The van der Waals surface area contributed by atoms with E-state index in [9.17, 15) is 13.2 Å². The van der Waals surface area contributed by atoms with Gasteiger partial charge in [-0.1, -0.05) is 35.3 Å². The molecule has 0 atom stereocenters. The van der Waals surface area contributed by atoms with Crippen LogP contribution in [0.15, 0.2) is 41.4 Å². The Bertz CT molecular complexity index is 1110. The van der Waals surface area contributed by atoms with Crippen molar-refractivity contribution in [1.82, 2.24) is 14.7 Å². The second-order valence-corrected chi connectivity index (χ2v) is 8.02. The van der Waals surface area contributed by atoms with Gasteiger partial charge in [-0.05, 0) is 30.7 Å². The fourth-order valence-electron chi connectivity index (χ4n) is 2.52. The number of halogens is 2. The summed E-state index contributed by atoms with van der Waals surface area (Å²) in [5.74, 6) is -0.358. The van der Waals surface area contributed by atoms with E-state index in [2.05, 4.69) is 10.3 Å². The molecule has 0 spiro atoms. The number of hydrogen-bond donors (Lipinski definition) is 2. The number of imidazole rings is 1. The van der Waals surface area contributed by atoms with Gasteiger partial charge in [0.1, 0.15) is 5.69 Å². The van der Waals surface area contributed by atoms with E-state index in [1.807, 2.05) is 0 Å². The van der Waals surface area contributed by atoms with E-state index in [0.717, 1.165) is 0 Å². The van der Waals surface area contributed by atoms with Gasteiger partial charge in [0.2, 0.25) is 10.0 Å². The normalized spacial score (nSPS) is 11.7. The fourth-order valence-corrected chi connectivity index (χ4v) is 3.55. The van der Waals surface area contributed by atoms with Crippen molar-refractivity contribution in [3.8, 4) is 0 Å². The number of nitrogens with zero attached hydrogens (tertiary/aromatic N) is 2. The Kier molecular flexibility index (Phi) is 4.94. The highest BCUT2D eigenvalue weighted by atomic mass is 35.5. The topological polar surface area (TPSA) is 107 Å². The molecule has 0 bridgehead atoms. The molecule has 10 heteroatoms. The second-order valence-electron chi connectivity index (χ2n) is 5.62. The Morgan fingerprint density at radius 3 is 2.54 bits per heavy atom. The Morgan fingerprint density at radius 1 is 1.27 bits per heavy atom. The molecule has 2 heterocycles. The third-order valence-electron chi connectivity index (χ3n) is 3.74. The lowest BCUT2D eigenvalue weighted by Gasteiger charge is -2.07. The number of sulfonamides is 1. The summed E-state index contributed by atoms with van der Waals surface area (Å²) >= 11 is 12.1. The van der Waals surface area contributed by atoms with Crippen molar-refractivity contribution < 1.29 is 13.2 Å². The third kappa shape index (κ3) is 3.68. The Labute approximate surface area is 159 Å². The number of rotatable bonds is 4. The molecule has 1 aromatic carbocycles. The number of pyridine rings is 1. The van der Waals surface area contributed by atoms with E-state index in [0.29, 0.717) is 32.6 Å². The number of benzene rings is 1. The highest BCUT2D eigenvalue weighted by molar-refractivity contribution is 7.89. The molecule has 0 aliphatic carbocycles. The van der Waals surface area contributed by atoms with Gasteiger partial charge >= 0.3 is 0 Å². The van der Waals surface area contributed by atoms with Crippen LogP contribution in [0.5, 0.6) is 0 Å². The van der Waals surface area contributed by atoms with E-state index in [1.165, 1.54) is 12.1 Å². The molecule has 0 aliphatic rings. The number of primary sulfonamides is 1. The molecule has 2 aromatic heterocycles. The molecular formula is C16H14Cl2N4O3S. The largest absolute Gasteiger partial charge is 0.347 e. The van der Waals surface area contributed by atoms with Crippen LogP contribution >= 0.6 is 23.2 Å². The zero-order chi connectivity index (χ0) is 19.1. The Morgan fingerprint density at radius 2 is 1.92 bits per heavy atom. The van der Waals surface area contributed by atoms with Crippen molar-refractivity contribution in [1.29, 1.82) is 0 Å². The molecule has 0 saturated heterocycles. The summed E-state index contributed by atoms with van der Waals surface area (Å²) in [6.45, 7) is 1.90. The molecule has 0 saturated carbocycles. The number of hydrogen-bond acceptors (Lipinski definition) is 4. The van der Waals surface area contributed by atoms with Crippen LogP contribution in [0.1, 0.15) is 21.7 Å². The van der Waals surface area contributed by atoms with Gasteiger partial charge in [-0.15, -0.1) is 0 Å². The standard InChI is InChI=1S/C16H14Cl2N4O3S/c1-9-14(22-8-11(17)6-13(18)15(22)21-9)16(23)20-7-10-2-4-12(5-3-10)26(19,24)25/h2-6,8H,7H2,1H3,(H,20,23)(H2,19,24,25). The first kappa shape index (κ1) is 18.7. The summed E-state index contributed by atoms with van der Waals surface area (Å²) < 4.78 is 24.1. The first-order chi connectivity index (χ1) is 12.2. The average Bonchev–Trinajstić information content (AvgIpc) is 2.88. The molecular weight excluding hydrogens is 399 g/mol. The summed E-state index contributed by atoms with van der Waals surface area (Å²) in [5, 5.41) is 8.55. The molecule has 0 aliphatic heterocycles. The minimum atomic E-state index is -3.75. The number of carbonyl (C=O) groups excluding carboxylic acids is 1. The van der Waals surface area contributed by atoms with Crippen LogP contribution in [0.25, 0.3) is 5.65 Å². The summed E-state index contributed by atoms with van der Waals surface area (Å²) in [6.07, 6.45) is 1.57. The van der Waals surface area contributed by atoms with E-state index < -0.39 is 10.0 Å². The predicted molar refractivity (Wildman–Crippen MR) is 98.9 cm³/mol. The van der Waals surface area contributed by atoms with E-state index in [1.54, 1.807) is 35.7 Å². The van der Waals surface area contributed by atoms with Gasteiger partial charge in [-0.2, -0.15) is 0 Å². The van der Waals surface area contributed by atoms with Gasteiger partial charge in [0, 0.05) is 12.7 Å². The van der Waals surface area contributed by atoms with Gasteiger partial charge in [0.15, 0.2) is 5.65 Å². The minimum Gasteiger partial charge on any atom is -0.347 e. The molecule has 0 fully saturated rings. The van der Waals surface area contributed by atoms with Gasteiger partial charge < -0.3 is 5.32 Å². The van der Waals surface area contributed by atoms with Crippen LogP contribution in [-0.2, 0) is 16.6 Å². The predicted octanol–water partition coefficient (Wildman–Crippen LogP) is 2.53. The zero-order valence-corrected chi connectivity index (χ0v) is 15.9. The quantitative estimate of drug-likeness (QED) is 0.686. The first-order valence-electron chi connectivity index (χ1n) is 7.40. The van der Waals surface area contributed by atoms with Crippen LogP contribution in [0.3, 0.4) is 0 Å². The van der Waals surface area contributed by atoms with Crippen molar-refractivity contribution in [3.63, 3.8) is 0 Å². The lowest BCUT2D eigenvalue weighted by molar-refractivity contribution is 0.0944. The van der Waals surface area contributed by atoms with Crippen LogP contribution in [0, 0.1) is 6.92 Å². The number of aryl methyl sites for hydroxylation is 1. The second kappa shape index (κ2) is 6.88. The van der Waals surface area contributed by atoms with Crippen molar-refractivity contribution in [2.75, 3.05) is 0 Å². The molecule has 1 amide bonds. The van der Waals surface area contributed by atoms with Crippen molar-refractivity contribution in [2.45, 2.75) is 18.4 Å². The molecule has 0 unspecified atom stereocenters. The van der Waals surface area contributed by atoms with Gasteiger partial charge in [-0.3, -0.25) is 9.20 Å². The molecule has 0 radical (unpaired) electrons. The van der Waals surface area contributed by atoms with Gasteiger partial charge in [0.25, 0.3) is 5.91 Å². The summed E-state index contributed by atoms with van der Waals surface area (Å²) in [4.78, 5) is 16.9. The maximum atomic E-state index is 12.6. The van der Waals surface area contributed by atoms with E-state index in [4.69, 9.17) is 28.3 Å². The fraction of sp³-hybridized carbons (Fsp3) is 0.125.